The first-order valence-corrected chi connectivity index (χ1v) is 6.25. The Balaban J connectivity index is 1.88. The van der Waals surface area contributed by atoms with Crippen LogP contribution in [0.25, 0.3) is 10.8 Å². The topological polar surface area (TPSA) is 38.3 Å². The Hall–Kier alpha value is -1.87. The van der Waals surface area contributed by atoms with Gasteiger partial charge >= 0.3 is 0 Å². The number of anilines is 1. The minimum atomic E-state index is -0.288. The highest BCUT2D eigenvalue weighted by atomic mass is 16.5. The van der Waals surface area contributed by atoms with E-state index in [1.54, 1.807) is 0 Å². The summed E-state index contributed by atoms with van der Waals surface area (Å²) >= 11 is 0. The number of amides is 1. The molecule has 0 aromatic heterocycles. The number of carbonyl (C=O) groups is 1. The van der Waals surface area contributed by atoms with Crippen LogP contribution in [-0.4, -0.2) is 18.6 Å². The molecule has 1 saturated heterocycles. The van der Waals surface area contributed by atoms with Gasteiger partial charge in [0.2, 0.25) is 0 Å². The van der Waals surface area contributed by atoms with E-state index in [1.807, 2.05) is 42.5 Å². The molecule has 92 valence electrons. The third-order valence-electron chi connectivity index (χ3n) is 3.27. The minimum Gasteiger partial charge on any atom is -0.368 e. The predicted octanol–water partition coefficient (Wildman–Crippen LogP) is 2.96. The highest BCUT2D eigenvalue weighted by molar-refractivity contribution is 6.03. The van der Waals surface area contributed by atoms with Crippen molar-refractivity contribution in [2.75, 3.05) is 11.9 Å². The number of rotatable bonds is 2. The summed E-state index contributed by atoms with van der Waals surface area (Å²) in [5.74, 6) is -0.0381. The number of hydrogen-bond donors (Lipinski definition) is 1. The first kappa shape index (κ1) is 11.2. The van der Waals surface area contributed by atoms with E-state index in [9.17, 15) is 4.79 Å². The zero-order chi connectivity index (χ0) is 12.4. The van der Waals surface area contributed by atoms with Gasteiger partial charge in [0.05, 0.1) is 0 Å². The highest BCUT2D eigenvalue weighted by Gasteiger charge is 2.23. The second-order valence-corrected chi connectivity index (χ2v) is 4.52. The van der Waals surface area contributed by atoms with Crippen molar-refractivity contribution in [1.29, 1.82) is 0 Å². The van der Waals surface area contributed by atoms with E-state index in [2.05, 4.69) is 5.32 Å². The molecule has 1 atom stereocenters. The molecule has 18 heavy (non-hydrogen) atoms. The molecule has 3 rings (SSSR count). The molecule has 1 heterocycles. The van der Waals surface area contributed by atoms with Gasteiger partial charge < -0.3 is 10.1 Å². The second kappa shape index (κ2) is 4.78. The van der Waals surface area contributed by atoms with Crippen LogP contribution in [0.4, 0.5) is 5.69 Å². The molecule has 3 heteroatoms. The van der Waals surface area contributed by atoms with Crippen molar-refractivity contribution in [3.63, 3.8) is 0 Å². The molecule has 0 radical (unpaired) electrons. The van der Waals surface area contributed by atoms with Crippen molar-refractivity contribution in [1.82, 2.24) is 0 Å². The van der Waals surface area contributed by atoms with E-state index in [-0.39, 0.29) is 12.0 Å². The molecule has 0 saturated carbocycles. The van der Waals surface area contributed by atoms with Gasteiger partial charge in [-0.3, -0.25) is 4.79 Å². The number of carbonyl (C=O) groups excluding carboxylic acids is 1. The average Bonchev–Trinajstić information content (AvgIpc) is 2.93. The van der Waals surface area contributed by atoms with E-state index >= 15 is 0 Å². The largest absolute Gasteiger partial charge is 0.368 e. The molecule has 0 aliphatic carbocycles. The van der Waals surface area contributed by atoms with Crippen LogP contribution in [0, 0.1) is 0 Å². The van der Waals surface area contributed by atoms with Gasteiger partial charge in [0.15, 0.2) is 0 Å². The number of benzene rings is 2. The summed E-state index contributed by atoms with van der Waals surface area (Å²) in [6, 6.07) is 13.9. The van der Waals surface area contributed by atoms with Gasteiger partial charge in [-0.25, -0.2) is 0 Å². The quantitative estimate of drug-likeness (QED) is 0.877. The molecule has 3 nitrogen and oxygen atoms in total. The molecule has 1 unspecified atom stereocenters. The Labute approximate surface area is 106 Å². The van der Waals surface area contributed by atoms with E-state index in [1.165, 1.54) is 0 Å². The lowest BCUT2D eigenvalue weighted by atomic mass is 10.1. The van der Waals surface area contributed by atoms with Gasteiger partial charge in [-0.15, -0.1) is 0 Å². The smallest absolute Gasteiger partial charge is 0.253 e. The average molecular weight is 241 g/mol. The Morgan fingerprint density at radius 2 is 2.00 bits per heavy atom. The predicted molar refractivity (Wildman–Crippen MR) is 71.6 cm³/mol. The van der Waals surface area contributed by atoms with Crippen molar-refractivity contribution < 1.29 is 9.53 Å². The molecular formula is C15H15NO2. The lowest BCUT2D eigenvalue weighted by Crippen LogP contribution is -2.26. The molecule has 2 aromatic carbocycles. The molecular weight excluding hydrogens is 226 g/mol. The maximum Gasteiger partial charge on any atom is 0.253 e. The number of nitrogens with one attached hydrogen (secondary N) is 1. The van der Waals surface area contributed by atoms with Gasteiger partial charge in [-0.05, 0) is 24.3 Å². The van der Waals surface area contributed by atoms with Crippen molar-refractivity contribution >= 4 is 22.4 Å². The van der Waals surface area contributed by atoms with Crippen molar-refractivity contribution in [2.24, 2.45) is 0 Å². The molecule has 1 aliphatic heterocycles. The molecule has 1 aliphatic rings. The van der Waals surface area contributed by atoms with Gasteiger partial charge in [0.1, 0.15) is 6.10 Å². The number of fused-ring (bicyclic) bond motifs is 1. The van der Waals surface area contributed by atoms with Gasteiger partial charge in [-0.2, -0.15) is 0 Å². The lowest BCUT2D eigenvalue weighted by Gasteiger charge is -2.12. The normalized spacial score (nSPS) is 19.0. The maximum absolute atomic E-state index is 12.0. The van der Waals surface area contributed by atoms with Crippen LogP contribution >= 0.6 is 0 Å². The van der Waals surface area contributed by atoms with Gasteiger partial charge in [-0.1, -0.05) is 36.4 Å². The zero-order valence-corrected chi connectivity index (χ0v) is 10.1. The number of hydrogen-bond acceptors (Lipinski definition) is 2. The summed E-state index contributed by atoms with van der Waals surface area (Å²) in [6.45, 7) is 0.688. The maximum atomic E-state index is 12.0. The van der Waals surface area contributed by atoms with Crippen molar-refractivity contribution in [2.45, 2.75) is 18.9 Å². The van der Waals surface area contributed by atoms with Crippen LogP contribution in [0.5, 0.6) is 0 Å². The second-order valence-electron chi connectivity index (χ2n) is 4.52. The van der Waals surface area contributed by atoms with Crippen LogP contribution in [0.2, 0.25) is 0 Å². The fourth-order valence-electron chi connectivity index (χ4n) is 2.33. The number of ether oxygens (including phenoxy) is 1. The summed E-state index contributed by atoms with van der Waals surface area (Å²) in [5, 5.41) is 5.15. The molecule has 1 amide bonds. The van der Waals surface area contributed by atoms with E-state index in [0.29, 0.717) is 6.61 Å². The molecule has 2 aromatic rings. The lowest BCUT2D eigenvalue weighted by molar-refractivity contribution is -0.124. The first-order valence-electron chi connectivity index (χ1n) is 6.25. The minimum absolute atomic E-state index is 0.0381. The first-order chi connectivity index (χ1) is 8.84. The standard InChI is InChI=1S/C15H15NO2/c17-15(14-9-4-10-18-14)16-13-8-3-6-11-5-1-2-7-12(11)13/h1-3,5-8,14H,4,9-10H2,(H,16,17). The zero-order valence-electron chi connectivity index (χ0n) is 10.1. The third-order valence-corrected chi connectivity index (χ3v) is 3.27. The molecule has 1 N–H and O–H groups in total. The van der Waals surface area contributed by atoms with Crippen LogP contribution < -0.4 is 5.32 Å². The van der Waals surface area contributed by atoms with Gasteiger partial charge in [0, 0.05) is 17.7 Å². The van der Waals surface area contributed by atoms with Crippen LogP contribution in [-0.2, 0) is 9.53 Å². The Morgan fingerprint density at radius 1 is 1.17 bits per heavy atom. The summed E-state index contributed by atoms with van der Waals surface area (Å²) in [7, 11) is 0. The Bertz CT molecular complexity index is 568. The highest BCUT2D eigenvalue weighted by Crippen LogP contribution is 2.24. The summed E-state index contributed by atoms with van der Waals surface area (Å²) in [5.41, 5.74) is 0.855. The SMILES string of the molecule is O=C(Nc1cccc2ccccc12)C1CCCO1. The van der Waals surface area contributed by atoms with Crippen molar-refractivity contribution in [3.05, 3.63) is 42.5 Å². The summed E-state index contributed by atoms with van der Waals surface area (Å²) in [6.07, 6.45) is 1.49. The van der Waals surface area contributed by atoms with E-state index in [4.69, 9.17) is 4.74 Å². The van der Waals surface area contributed by atoms with E-state index in [0.717, 1.165) is 29.3 Å². The van der Waals surface area contributed by atoms with Crippen LogP contribution in [0.15, 0.2) is 42.5 Å². The van der Waals surface area contributed by atoms with Crippen LogP contribution in [0.1, 0.15) is 12.8 Å². The summed E-state index contributed by atoms with van der Waals surface area (Å²) in [4.78, 5) is 12.0. The molecule has 0 spiro atoms. The van der Waals surface area contributed by atoms with Crippen LogP contribution in [0.3, 0.4) is 0 Å². The summed E-state index contributed by atoms with van der Waals surface area (Å²) < 4.78 is 5.39. The fraction of sp³-hybridized carbons (Fsp3) is 0.267. The Morgan fingerprint density at radius 3 is 2.83 bits per heavy atom. The van der Waals surface area contributed by atoms with Crippen molar-refractivity contribution in [3.8, 4) is 0 Å². The van der Waals surface area contributed by atoms with Gasteiger partial charge in [0.25, 0.3) is 5.91 Å². The van der Waals surface area contributed by atoms with E-state index < -0.39 is 0 Å². The fourth-order valence-corrected chi connectivity index (χ4v) is 2.33. The monoisotopic (exact) mass is 241 g/mol. The third kappa shape index (κ3) is 2.09. The Kier molecular flexibility index (Phi) is 2.99. The molecule has 0 bridgehead atoms. The molecule has 1 fully saturated rings.